The van der Waals surface area contributed by atoms with Gasteiger partial charge in [-0.25, -0.2) is 8.78 Å². The number of furan rings is 1. The van der Waals surface area contributed by atoms with E-state index < -0.39 is 6.43 Å². The number of hydrogen-bond donors (Lipinski definition) is 1. The molecule has 0 aliphatic carbocycles. The van der Waals surface area contributed by atoms with E-state index in [9.17, 15) is 8.78 Å². The second-order valence-corrected chi connectivity index (χ2v) is 5.14. The van der Waals surface area contributed by atoms with E-state index >= 15 is 0 Å². The third-order valence-electron chi connectivity index (χ3n) is 2.18. The van der Waals surface area contributed by atoms with Crippen LogP contribution < -0.4 is 5.32 Å². The van der Waals surface area contributed by atoms with E-state index in [1.165, 1.54) is 17.6 Å². The van der Waals surface area contributed by atoms with Crippen LogP contribution in [-0.2, 0) is 0 Å². The van der Waals surface area contributed by atoms with E-state index in [-0.39, 0.29) is 12.6 Å². The summed E-state index contributed by atoms with van der Waals surface area (Å²) in [7, 11) is 0. The van der Waals surface area contributed by atoms with Crippen molar-refractivity contribution in [2.24, 2.45) is 0 Å². The molecule has 0 radical (unpaired) electrons. The van der Waals surface area contributed by atoms with Crippen molar-refractivity contribution in [1.82, 2.24) is 5.32 Å². The summed E-state index contributed by atoms with van der Waals surface area (Å²) < 4.78 is 30.4. The first-order chi connectivity index (χ1) is 8.16. The van der Waals surface area contributed by atoms with E-state index in [0.29, 0.717) is 10.1 Å². The minimum absolute atomic E-state index is 0.378. The van der Waals surface area contributed by atoms with Gasteiger partial charge in [0.1, 0.15) is 11.8 Å². The van der Waals surface area contributed by atoms with Crippen LogP contribution in [-0.4, -0.2) is 13.0 Å². The van der Waals surface area contributed by atoms with Gasteiger partial charge in [-0.05, 0) is 24.3 Å². The lowest BCUT2D eigenvalue weighted by molar-refractivity contribution is 0.142. The van der Waals surface area contributed by atoms with E-state index in [1.807, 2.05) is 0 Å². The van der Waals surface area contributed by atoms with Crippen molar-refractivity contribution in [3.63, 3.8) is 0 Å². The summed E-state index contributed by atoms with van der Waals surface area (Å²) in [5, 5.41) is 2.76. The summed E-state index contributed by atoms with van der Waals surface area (Å²) in [6, 6.07) is 6.63. The Morgan fingerprint density at radius 3 is 2.71 bits per heavy atom. The lowest BCUT2D eigenvalue weighted by Gasteiger charge is -2.14. The van der Waals surface area contributed by atoms with Crippen molar-refractivity contribution < 1.29 is 13.2 Å². The van der Waals surface area contributed by atoms with E-state index in [2.05, 4.69) is 5.32 Å². The van der Waals surface area contributed by atoms with Crippen molar-refractivity contribution in [3.8, 4) is 0 Å². The molecule has 17 heavy (non-hydrogen) atoms. The van der Waals surface area contributed by atoms with Crippen molar-refractivity contribution in [3.05, 3.63) is 45.5 Å². The standard InChI is InChI=1S/C11H10ClF2NOS/c12-9-4-3-8(17-9)11(15-6-10(13)14)7-2-1-5-16-7/h1-5,10-11,15H,6H2. The first-order valence-corrected chi connectivity index (χ1v) is 6.16. The zero-order valence-electron chi connectivity index (χ0n) is 8.70. The van der Waals surface area contributed by atoms with Crippen LogP contribution in [0.2, 0.25) is 4.34 Å². The van der Waals surface area contributed by atoms with Crippen molar-refractivity contribution >= 4 is 22.9 Å². The number of hydrogen-bond acceptors (Lipinski definition) is 3. The summed E-state index contributed by atoms with van der Waals surface area (Å²) in [6.07, 6.45) is -0.885. The van der Waals surface area contributed by atoms with Gasteiger partial charge >= 0.3 is 0 Å². The highest BCUT2D eigenvalue weighted by molar-refractivity contribution is 7.16. The molecule has 6 heteroatoms. The Labute approximate surface area is 106 Å². The second-order valence-electron chi connectivity index (χ2n) is 3.39. The molecule has 2 aromatic rings. The molecule has 0 saturated carbocycles. The Hall–Kier alpha value is -0.910. The SMILES string of the molecule is FC(F)CNC(c1ccco1)c1ccc(Cl)s1. The molecule has 1 atom stereocenters. The highest BCUT2D eigenvalue weighted by atomic mass is 35.5. The zero-order chi connectivity index (χ0) is 12.3. The molecular formula is C11H10ClF2NOS. The van der Waals surface area contributed by atoms with Crippen LogP contribution in [0.5, 0.6) is 0 Å². The lowest BCUT2D eigenvalue weighted by atomic mass is 10.2. The summed E-state index contributed by atoms with van der Waals surface area (Å²) >= 11 is 7.18. The van der Waals surface area contributed by atoms with Crippen molar-refractivity contribution in [2.75, 3.05) is 6.54 Å². The van der Waals surface area contributed by atoms with Crippen LogP contribution in [0.1, 0.15) is 16.7 Å². The number of alkyl halides is 2. The Balaban J connectivity index is 2.18. The summed E-state index contributed by atoms with van der Waals surface area (Å²) in [6.45, 7) is -0.388. The third-order valence-corrected chi connectivity index (χ3v) is 3.48. The number of rotatable bonds is 5. The number of thiophene rings is 1. The predicted octanol–water partition coefficient (Wildman–Crippen LogP) is 3.94. The van der Waals surface area contributed by atoms with Crippen LogP contribution in [0.4, 0.5) is 8.78 Å². The third kappa shape index (κ3) is 3.28. The van der Waals surface area contributed by atoms with Gasteiger partial charge in [-0.2, -0.15) is 0 Å². The molecular weight excluding hydrogens is 268 g/mol. The first-order valence-electron chi connectivity index (χ1n) is 4.97. The average Bonchev–Trinajstić information content (AvgIpc) is 2.90. The summed E-state index contributed by atoms with van der Waals surface area (Å²) in [5.74, 6) is 0.601. The molecule has 2 aromatic heterocycles. The van der Waals surface area contributed by atoms with E-state index in [4.69, 9.17) is 16.0 Å². The average molecular weight is 278 g/mol. The smallest absolute Gasteiger partial charge is 0.250 e. The van der Waals surface area contributed by atoms with Gasteiger partial charge in [0.25, 0.3) is 6.43 Å². The Morgan fingerprint density at radius 2 is 2.18 bits per heavy atom. The van der Waals surface area contributed by atoms with Gasteiger partial charge in [0.05, 0.1) is 17.1 Å². The molecule has 0 aliphatic rings. The quantitative estimate of drug-likeness (QED) is 0.895. The summed E-state index contributed by atoms with van der Waals surface area (Å²) in [5.41, 5.74) is 0. The molecule has 2 heterocycles. The fourth-order valence-electron chi connectivity index (χ4n) is 1.49. The Kier molecular flexibility index (Phi) is 4.15. The molecule has 92 valence electrons. The molecule has 0 aliphatic heterocycles. The molecule has 0 aromatic carbocycles. The molecule has 0 spiro atoms. The lowest BCUT2D eigenvalue weighted by Crippen LogP contribution is -2.26. The minimum Gasteiger partial charge on any atom is -0.467 e. The first kappa shape index (κ1) is 12.5. The highest BCUT2D eigenvalue weighted by Crippen LogP contribution is 2.31. The normalized spacial score (nSPS) is 13.2. The Morgan fingerprint density at radius 1 is 1.35 bits per heavy atom. The molecule has 0 fully saturated rings. The largest absolute Gasteiger partial charge is 0.467 e. The van der Waals surface area contributed by atoms with Gasteiger partial charge < -0.3 is 4.42 Å². The maximum Gasteiger partial charge on any atom is 0.250 e. The number of halogens is 3. The van der Waals surface area contributed by atoms with Crippen LogP contribution in [0, 0.1) is 0 Å². The molecule has 1 unspecified atom stereocenters. The molecule has 1 N–H and O–H groups in total. The predicted molar refractivity (Wildman–Crippen MR) is 63.9 cm³/mol. The maximum absolute atomic E-state index is 12.2. The van der Waals surface area contributed by atoms with Crippen LogP contribution in [0.3, 0.4) is 0 Å². The fraction of sp³-hybridized carbons (Fsp3) is 0.273. The molecule has 0 saturated heterocycles. The van der Waals surface area contributed by atoms with Crippen LogP contribution in [0.15, 0.2) is 34.9 Å². The molecule has 0 amide bonds. The minimum atomic E-state index is -2.40. The van der Waals surface area contributed by atoms with Gasteiger partial charge in [-0.15, -0.1) is 11.3 Å². The van der Waals surface area contributed by atoms with E-state index in [0.717, 1.165) is 4.88 Å². The highest BCUT2D eigenvalue weighted by Gasteiger charge is 2.19. The molecule has 0 bridgehead atoms. The summed E-state index contributed by atoms with van der Waals surface area (Å²) in [4.78, 5) is 0.852. The van der Waals surface area contributed by atoms with Crippen LogP contribution >= 0.6 is 22.9 Å². The number of nitrogens with one attached hydrogen (secondary N) is 1. The van der Waals surface area contributed by atoms with Gasteiger partial charge in [0.2, 0.25) is 0 Å². The van der Waals surface area contributed by atoms with E-state index in [1.54, 1.807) is 24.3 Å². The van der Waals surface area contributed by atoms with Crippen molar-refractivity contribution in [2.45, 2.75) is 12.5 Å². The molecule has 2 nitrogen and oxygen atoms in total. The maximum atomic E-state index is 12.2. The monoisotopic (exact) mass is 277 g/mol. The van der Waals surface area contributed by atoms with Gasteiger partial charge in [-0.1, -0.05) is 11.6 Å². The fourth-order valence-corrected chi connectivity index (χ4v) is 2.63. The molecule has 2 rings (SSSR count). The van der Waals surface area contributed by atoms with Gasteiger partial charge in [0.15, 0.2) is 0 Å². The zero-order valence-corrected chi connectivity index (χ0v) is 10.3. The second kappa shape index (κ2) is 5.62. The Bertz CT molecular complexity index is 458. The van der Waals surface area contributed by atoms with Gasteiger partial charge in [0, 0.05) is 4.88 Å². The topological polar surface area (TPSA) is 25.2 Å². The van der Waals surface area contributed by atoms with Crippen LogP contribution in [0.25, 0.3) is 0 Å². The van der Waals surface area contributed by atoms with Gasteiger partial charge in [-0.3, -0.25) is 5.32 Å². The van der Waals surface area contributed by atoms with Crippen molar-refractivity contribution in [1.29, 1.82) is 0 Å².